The number of anilines is 1. The molecule has 0 amide bonds. The zero-order chi connectivity index (χ0) is 11.9. The van der Waals surface area contributed by atoms with Crippen molar-refractivity contribution in [1.29, 1.82) is 0 Å². The molecular weight excluding hydrogens is 214 g/mol. The molecule has 0 fully saturated rings. The van der Waals surface area contributed by atoms with Crippen LogP contribution in [0.3, 0.4) is 0 Å². The number of hydrogen-bond acceptors (Lipinski definition) is 4. The summed E-state index contributed by atoms with van der Waals surface area (Å²) >= 11 is 0. The second-order valence-corrected chi connectivity index (χ2v) is 4.21. The molecule has 0 aromatic carbocycles. The van der Waals surface area contributed by atoms with Crippen LogP contribution in [0.2, 0.25) is 0 Å². The Morgan fingerprint density at radius 1 is 1.18 bits per heavy atom. The Labute approximate surface area is 101 Å². The predicted octanol–water partition coefficient (Wildman–Crippen LogP) is 2.74. The van der Waals surface area contributed by atoms with Crippen molar-refractivity contribution in [1.82, 2.24) is 20.2 Å². The number of hydrogen-bond donors (Lipinski definition) is 2. The van der Waals surface area contributed by atoms with E-state index in [1.165, 1.54) is 32.1 Å². The van der Waals surface area contributed by atoms with Crippen LogP contribution in [0.1, 0.15) is 39.0 Å². The minimum atomic E-state index is 0.678. The van der Waals surface area contributed by atoms with Crippen LogP contribution in [0.4, 0.5) is 5.95 Å². The van der Waals surface area contributed by atoms with Gasteiger partial charge < -0.3 is 5.32 Å². The molecule has 2 heterocycles. The fraction of sp³-hybridized carbons (Fsp3) is 0.583. The highest BCUT2D eigenvalue weighted by Gasteiger charge is 2.00. The molecule has 0 unspecified atom stereocenters. The molecule has 0 aliphatic rings. The molecule has 0 spiro atoms. The maximum atomic E-state index is 4.33. The molecule has 92 valence electrons. The molecule has 2 N–H and O–H groups in total. The normalized spacial score (nSPS) is 10.9. The molecular formula is C12H19N5. The van der Waals surface area contributed by atoms with E-state index < -0.39 is 0 Å². The zero-order valence-corrected chi connectivity index (χ0v) is 10.2. The number of unbranched alkanes of at least 4 members (excludes halogenated alkanes) is 4. The minimum Gasteiger partial charge on any atom is -0.354 e. The summed E-state index contributed by atoms with van der Waals surface area (Å²) in [5.74, 6) is 0.678. The molecule has 0 saturated carbocycles. The number of aromatic amines is 1. The lowest BCUT2D eigenvalue weighted by Crippen LogP contribution is -2.05. The van der Waals surface area contributed by atoms with E-state index in [1.54, 1.807) is 12.4 Å². The van der Waals surface area contributed by atoms with E-state index in [0.29, 0.717) is 5.95 Å². The van der Waals surface area contributed by atoms with Gasteiger partial charge in [-0.2, -0.15) is 10.1 Å². The first-order chi connectivity index (χ1) is 8.40. The van der Waals surface area contributed by atoms with Gasteiger partial charge in [-0.15, -0.1) is 0 Å². The van der Waals surface area contributed by atoms with Crippen LogP contribution in [0.25, 0.3) is 11.0 Å². The van der Waals surface area contributed by atoms with Gasteiger partial charge in [-0.1, -0.05) is 32.6 Å². The van der Waals surface area contributed by atoms with Crippen molar-refractivity contribution in [2.45, 2.75) is 39.0 Å². The van der Waals surface area contributed by atoms with Gasteiger partial charge in [0.05, 0.1) is 11.6 Å². The highest BCUT2D eigenvalue weighted by Crippen LogP contribution is 2.08. The summed E-state index contributed by atoms with van der Waals surface area (Å²) in [5, 5.41) is 10.9. The van der Waals surface area contributed by atoms with Crippen molar-refractivity contribution in [3.05, 3.63) is 12.4 Å². The number of aromatic nitrogens is 4. The van der Waals surface area contributed by atoms with Gasteiger partial charge in [-0.05, 0) is 6.42 Å². The van der Waals surface area contributed by atoms with Gasteiger partial charge in [0.1, 0.15) is 0 Å². The topological polar surface area (TPSA) is 66.5 Å². The van der Waals surface area contributed by atoms with E-state index in [1.807, 2.05) is 0 Å². The van der Waals surface area contributed by atoms with E-state index in [-0.39, 0.29) is 0 Å². The summed E-state index contributed by atoms with van der Waals surface area (Å²) in [6.07, 6.45) is 9.88. The van der Waals surface area contributed by atoms with Gasteiger partial charge in [-0.3, -0.25) is 5.10 Å². The van der Waals surface area contributed by atoms with Gasteiger partial charge in [-0.25, -0.2) is 4.98 Å². The molecule has 0 saturated heterocycles. The number of rotatable bonds is 7. The van der Waals surface area contributed by atoms with Crippen molar-refractivity contribution in [2.24, 2.45) is 0 Å². The van der Waals surface area contributed by atoms with E-state index in [2.05, 4.69) is 32.4 Å². The SMILES string of the molecule is CCCCCCCNc1ncc2cn[nH]c2n1. The fourth-order valence-electron chi connectivity index (χ4n) is 1.75. The Bertz CT molecular complexity index is 451. The van der Waals surface area contributed by atoms with Gasteiger partial charge in [0.15, 0.2) is 5.65 Å². The molecule has 5 heteroatoms. The maximum absolute atomic E-state index is 4.33. The summed E-state index contributed by atoms with van der Waals surface area (Å²) in [6, 6.07) is 0. The molecule has 0 aliphatic heterocycles. The number of nitrogens with one attached hydrogen (secondary N) is 2. The predicted molar refractivity (Wildman–Crippen MR) is 68.9 cm³/mol. The molecule has 0 radical (unpaired) electrons. The Hall–Kier alpha value is -1.65. The fourth-order valence-corrected chi connectivity index (χ4v) is 1.75. The molecule has 2 rings (SSSR count). The quantitative estimate of drug-likeness (QED) is 0.722. The largest absolute Gasteiger partial charge is 0.354 e. The highest BCUT2D eigenvalue weighted by molar-refractivity contribution is 5.73. The molecule has 0 atom stereocenters. The van der Waals surface area contributed by atoms with E-state index in [0.717, 1.165) is 17.6 Å². The van der Waals surface area contributed by atoms with Crippen molar-refractivity contribution in [3.63, 3.8) is 0 Å². The molecule has 5 nitrogen and oxygen atoms in total. The van der Waals surface area contributed by atoms with Gasteiger partial charge in [0.2, 0.25) is 5.95 Å². The van der Waals surface area contributed by atoms with Crippen molar-refractivity contribution >= 4 is 17.0 Å². The third kappa shape index (κ3) is 3.41. The lowest BCUT2D eigenvalue weighted by molar-refractivity contribution is 0.644. The zero-order valence-electron chi connectivity index (χ0n) is 10.2. The second-order valence-electron chi connectivity index (χ2n) is 4.21. The highest BCUT2D eigenvalue weighted by atomic mass is 15.2. The third-order valence-corrected chi connectivity index (χ3v) is 2.75. The summed E-state index contributed by atoms with van der Waals surface area (Å²) in [7, 11) is 0. The smallest absolute Gasteiger partial charge is 0.224 e. The number of H-pyrrole nitrogens is 1. The van der Waals surface area contributed by atoms with Gasteiger partial charge in [0, 0.05) is 12.7 Å². The Morgan fingerprint density at radius 3 is 2.94 bits per heavy atom. The summed E-state index contributed by atoms with van der Waals surface area (Å²) in [6.45, 7) is 3.16. The van der Waals surface area contributed by atoms with Crippen LogP contribution in [-0.2, 0) is 0 Å². The van der Waals surface area contributed by atoms with Crippen molar-refractivity contribution < 1.29 is 0 Å². The van der Waals surface area contributed by atoms with Crippen LogP contribution in [-0.4, -0.2) is 26.7 Å². The van der Waals surface area contributed by atoms with Crippen LogP contribution in [0, 0.1) is 0 Å². The first kappa shape index (κ1) is 11.8. The van der Waals surface area contributed by atoms with Crippen molar-refractivity contribution in [2.75, 3.05) is 11.9 Å². The van der Waals surface area contributed by atoms with Crippen LogP contribution < -0.4 is 5.32 Å². The second kappa shape index (κ2) is 6.18. The third-order valence-electron chi connectivity index (χ3n) is 2.75. The summed E-state index contributed by atoms with van der Waals surface area (Å²) in [4.78, 5) is 8.56. The first-order valence-corrected chi connectivity index (χ1v) is 6.30. The molecule has 2 aromatic rings. The lowest BCUT2D eigenvalue weighted by atomic mass is 10.1. The van der Waals surface area contributed by atoms with E-state index in [9.17, 15) is 0 Å². The summed E-state index contributed by atoms with van der Waals surface area (Å²) < 4.78 is 0. The Balaban J connectivity index is 1.75. The van der Waals surface area contributed by atoms with Gasteiger partial charge >= 0.3 is 0 Å². The first-order valence-electron chi connectivity index (χ1n) is 6.30. The average molecular weight is 233 g/mol. The molecule has 0 aliphatic carbocycles. The monoisotopic (exact) mass is 233 g/mol. The Morgan fingerprint density at radius 2 is 2.06 bits per heavy atom. The van der Waals surface area contributed by atoms with E-state index in [4.69, 9.17) is 0 Å². The average Bonchev–Trinajstić information content (AvgIpc) is 2.81. The summed E-state index contributed by atoms with van der Waals surface area (Å²) in [5.41, 5.74) is 0.786. The number of fused-ring (bicyclic) bond motifs is 1. The van der Waals surface area contributed by atoms with Crippen LogP contribution in [0.15, 0.2) is 12.4 Å². The van der Waals surface area contributed by atoms with Crippen LogP contribution in [0.5, 0.6) is 0 Å². The minimum absolute atomic E-state index is 0.678. The molecule has 0 bridgehead atoms. The van der Waals surface area contributed by atoms with Crippen LogP contribution >= 0.6 is 0 Å². The maximum Gasteiger partial charge on any atom is 0.224 e. The Kier molecular flexibility index (Phi) is 4.30. The molecule has 17 heavy (non-hydrogen) atoms. The molecule has 2 aromatic heterocycles. The van der Waals surface area contributed by atoms with Crippen molar-refractivity contribution in [3.8, 4) is 0 Å². The lowest BCUT2D eigenvalue weighted by Gasteiger charge is -2.03. The standard InChI is InChI=1S/C12H19N5/c1-2-3-4-5-6-7-13-12-14-8-10-9-15-17-11(10)16-12/h8-9H,2-7H2,1H3,(H2,13,14,15,16,17). The van der Waals surface area contributed by atoms with Gasteiger partial charge in [0.25, 0.3) is 0 Å². The van der Waals surface area contributed by atoms with E-state index >= 15 is 0 Å². The number of nitrogens with zero attached hydrogens (tertiary/aromatic N) is 3.